The minimum absolute atomic E-state index is 0. The van der Waals surface area contributed by atoms with Crippen LogP contribution in [0.3, 0.4) is 0 Å². The molecule has 0 saturated heterocycles. The molecule has 2 heterocycles. The molecule has 0 fully saturated rings. The van der Waals surface area contributed by atoms with Crippen molar-refractivity contribution in [3.63, 3.8) is 0 Å². The van der Waals surface area contributed by atoms with Crippen LogP contribution < -0.4 is 11.1 Å². The van der Waals surface area contributed by atoms with Gasteiger partial charge in [0.05, 0.1) is 30.3 Å². The van der Waals surface area contributed by atoms with Crippen LogP contribution in [0, 0.1) is 17.8 Å². The Labute approximate surface area is 273 Å². The number of aromatic amines is 1. The van der Waals surface area contributed by atoms with Crippen molar-refractivity contribution in [1.82, 2.24) is 9.55 Å². The summed E-state index contributed by atoms with van der Waals surface area (Å²) in [6.45, 7) is 14.0. The Morgan fingerprint density at radius 2 is 1.30 bits per heavy atom. The molecule has 1 N–H and O–H groups in total. The van der Waals surface area contributed by atoms with Gasteiger partial charge in [-0.3, -0.25) is 19.0 Å². The first kappa shape index (κ1) is 43.6. The lowest BCUT2D eigenvalue weighted by molar-refractivity contribution is -0.148. The van der Waals surface area contributed by atoms with Crippen molar-refractivity contribution in [3.8, 4) is 0 Å². The van der Waals surface area contributed by atoms with E-state index in [0.29, 0.717) is 27.9 Å². The lowest BCUT2D eigenvalue weighted by Crippen LogP contribution is -2.33. The number of aromatic nitrogens is 2. The predicted octanol–water partition coefficient (Wildman–Crippen LogP) is 8.64. The van der Waals surface area contributed by atoms with Gasteiger partial charge in [-0.25, -0.2) is 22.4 Å². The van der Waals surface area contributed by atoms with Crippen molar-refractivity contribution in [2.75, 3.05) is 13.2 Å². The van der Waals surface area contributed by atoms with Crippen molar-refractivity contribution in [1.29, 1.82) is 0 Å². The number of halogens is 6. The molecule has 2 aromatic heterocycles. The van der Waals surface area contributed by atoms with E-state index in [1.165, 1.54) is 12.4 Å². The Morgan fingerprint density at radius 1 is 0.818 bits per heavy atom. The summed E-state index contributed by atoms with van der Waals surface area (Å²) < 4.78 is 61.4. The SMILES string of the molecule is C.CCOC(=O)C(C)CC(C)C.CCOC(=O)C(CC(C)C)n1cc(Br)cc(C(F)F)c1=O.O=c1[nH]cc(Br)cc1C(F)F. The molecule has 2 atom stereocenters. The third kappa shape index (κ3) is 16.0. The highest BCUT2D eigenvalue weighted by molar-refractivity contribution is 9.10. The molecule has 252 valence electrons. The molecule has 2 unspecified atom stereocenters. The first-order valence-electron chi connectivity index (χ1n) is 13.7. The van der Waals surface area contributed by atoms with E-state index in [-0.39, 0.29) is 31.8 Å². The van der Waals surface area contributed by atoms with E-state index in [4.69, 9.17) is 9.47 Å². The van der Waals surface area contributed by atoms with Gasteiger partial charge in [-0.2, -0.15) is 0 Å². The average molecular weight is 764 g/mol. The first-order valence-corrected chi connectivity index (χ1v) is 15.2. The molecule has 0 saturated carbocycles. The summed E-state index contributed by atoms with van der Waals surface area (Å²) in [5.41, 5.74) is -2.77. The van der Waals surface area contributed by atoms with Crippen LogP contribution in [0.4, 0.5) is 17.6 Å². The van der Waals surface area contributed by atoms with Crippen molar-refractivity contribution >= 4 is 43.8 Å². The van der Waals surface area contributed by atoms with Gasteiger partial charge >= 0.3 is 11.9 Å². The summed E-state index contributed by atoms with van der Waals surface area (Å²) in [5, 5.41) is 0. The molecule has 0 aliphatic carbocycles. The average Bonchev–Trinajstić information content (AvgIpc) is 2.90. The van der Waals surface area contributed by atoms with Gasteiger partial charge in [0.2, 0.25) is 0 Å². The topological polar surface area (TPSA) is 107 Å². The molecule has 44 heavy (non-hydrogen) atoms. The van der Waals surface area contributed by atoms with Gasteiger partial charge in [-0.1, -0.05) is 42.0 Å². The molecule has 0 spiro atoms. The molecule has 14 heteroatoms. The van der Waals surface area contributed by atoms with E-state index < -0.39 is 47.1 Å². The van der Waals surface area contributed by atoms with Gasteiger partial charge in [0.15, 0.2) is 0 Å². The maximum Gasteiger partial charge on any atom is 0.329 e. The Kier molecular flexibility index (Phi) is 21.9. The summed E-state index contributed by atoms with van der Waals surface area (Å²) in [5.74, 6) is 0.0532. The second-order valence-corrected chi connectivity index (χ2v) is 12.0. The minimum atomic E-state index is -2.90. The molecule has 0 aliphatic heterocycles. The number of esters is 2. The molecule has 0 radical (unpaired) electrons. The van der Waals surface area contributed by atoms with Crippen molar-refractivity contribution in [2.45, 2.75) is 87.6 Å². The third-order valence-electron chi connectivity index (χ3n) is 5.51. The highest BCUT2D eigenvalue weighted by Crippen LogP contribution is 2.24. The largest absolute Gasteiger partial charge is 0.466 e. The number of ether oxygens (including phenoxy) is 2. The Hall–Kier alpha value is -2.48. The summed E-state index contributed by atoms with van der Waals surface area (Å²) in [4.78, 5) is 48.1. The quantitative estimate of drug-likeness (QED) is 0.181. The maximum atomic E-state index is 12.9. The highest BCUT2D eigenvalue weighted by Gasteiger charge is 2.27. The second-order valence-electron chi connectivity index (χ2n) is 10.2. The number of carbonyl (C=O) groups excluding carboxylic acids is 2. The van der Waals surface area contributed by atoms with Crippen LogP contribution >= 0.6 is 31.9 Å². The van der Waals surface area contributed by atoms with Gasteiger partial charge in [0, 0.05) is 21.3 Å². The van der Waals surface area contributed by atoms with E-state index >= 15 is 0 Å². The number of rotatable bonds is 11. The first-order chi connectivity index (χ1) is 20.0. The van der Waals surface area contributed by atoms with Crippen LogP contribution in [0.25, 0.3) is 0 Å². The fraction of sp³-hybridized carbons (Fsp3) is 0.600. The van der Waals surface area contributed by atoms with E-state index in [0.717, 1.165) is 23.1 Å². The lowest BCUT2D eigenvalue weighted by Gasteiger charge is -2.21. The molecule has 0 aliphatic rings. The van der Waals surface area contributed by atoms with Crippen molar-refractivity contribution in [3.05, 3.63) is 65.3 Å². The van der Waals surface area contributed by atoms with E-state index in [1.807, 2.05) is 27.7 Å². The molecule has 2 rings (SSSR count). The van der Waals surface area contributed by atoms with Crippen molar-refractivity contribution < 1.29 is 36.6 Å². The van der Waals surface area contributed by atoms with Crippen LogP contribution in [-0.4, -0.2) is 34.7 Å². The summed E-state index contributed by atoms with van der Waals surface area (Å²) in [6, 6.07) is 1.26. The second kappa shape index (κ2) is 22.1. The Bertz CT molecular complexity index is 1270. The molecular weight excluding hydrogens is 720 g/mol. The zero-order valence-corrected chi connectivity index (χ0v) is 28.4. The smallest absolute Gasteiger partial charge is 0.329 e. The zero-order chi connectivity index (χ0) is 33.4. The molecular formula is C30H44Br2F4N2O6. The predicted molar refractivity (Wildman–Crippen MR) is 170 cm³/mol. The molecule has 0 bridgehead atoms. The minimum Gasteiger partial charge on any atom is -0.466 e. The lowest BCUT2D eigenvalue weighted by atomic mass is 9.99. The van der Waals surface area contributed by atoms with Crippen LogP contribution in [0.1, 0.15) is 98.8 Å². The number of hydrogen-bond acceptors (Lipinski definition) is 6. The molecule has 2 aromatic rings. The van der Waals surface area contributed by atoms with Crippen LogP contribution in [0.5, 0.6) is 0 Å². The van der Waals surface area contributed by atoms with Crippen LogP contribution in [0.15, 0.2) is 43.1 Å². The van der Waals surface area contributed by atoms with E-state index in [1.54, 1.807) is 6.92 Å². The van der Waals surface area contributed by atoms with Gasteiger partial charge in [-0.15, -0.1) is 0 Å². The maximum absolute atomic E-state index is 12.9. The summed E-state index contributed by atoms with van der Waals surface area (Å²) in [7, 11) is 0. The molecule has 8 nitrogen and oxygen atoms in total. The molecule has 0 amide bonds. The van der Waals surface area contributed by atoms with Crippen LogP contribution in [-0.2, 0) is 19.1 Å². The van der Waals surface area contributed by atoms with Gasteiger partial charge in [-0.05, 0) is 82.5 Å². The fourth-order valence-electron chi connectivity index (χ4n) is 3.71. The molecule has 0 aromatic carbocycles. The fourth-order valence-corrected chi connectivity index (χ4v) is 4.54. The summed E-state index contributed by atoms with van der Waals surface area (Å²) in [6.07, 6.45) is -1.72. The van der Waals surface area contributed by atoms with Crippen LogP contribution in [0.2, 0.25) is 0 Å². The zero-order valence-electron chi connectivity index (χ0n) is 25.3. The summed E-state index contributed by atoms with van der Waals surface area (Å²) >= 11 is 6.05. The Morgan fingerprint density at radius 3 is 1.73 bits per heavy atom. The number of carbonyl (C=O) groups is 2. The normalized spacial score (nSPS) is 12.0. The third-order valence-corrected chi connectivity index (χ3v) is 6.40. The number of hydrogen-bond donors (Lipinski definition) is 1. The van der Waals surface area contributed by atoms with Gasteiger partial charge in [0.25, 0.3) is 24.0 Å². The number of nitrogens with zero attached hydrogens (tertiary/aromatic N) is 1. The number of nitrogens with one attached hydrogen (secondary N) is 1. The van der Waals surface area contributed by atoms with E-state index in [9.17, 15) is 36.7 Å². The standard InChI is InChI=1S/C14H18BrF2NO3.C9H18O2.C6H4BrF2NO.CH4/c1-4-21-14(20)11(5-8(2)3)18-7-9(15)6-10(12(16)17)13(18)19;1-5-11-9(10)8(4)6-7(2)3;7-3-1-4(5(8)9)6(11)10-2-3;/h6-8,11-12H,4-5H2,1-3H3;7-8H,5-6H2,1-4H3;1-2,5H,(H,10,11);1H4. The number of H-pyrrole nitrogens is 1. The number of pyridine rings is 2. The number of alkyl halides is 4. The van der Waals surface area contributed by atoms with Gasteiger partial charge in [0.1, 0.15) is 6.04 Å². The van der Waals surface area contributed by atoms with E-state index in [2.05, 4.69) is 50.7 Å². The Balaban J connectivity index is 0. The van der Waals surface area contributed by atoms with Gasteiger partial charge < -0.3 is 14.5 Å². The highest BCUT2D eigenvalue weighted by atomic mass is 79.9. The van der Waals surface area contributed by atoms with Crippen molar-refractivity contribution in [2.24, 2.45) is 17.8 Å². The monoisotopic (exact) mass is 762 g/mol.